The van der Waals surface area contributed by atoms with Gasteiger partial charge in [-0.05, 0) is 19.2 Å². The van der Waals surface area contributed by atoms with Gasteiger partial charge in [0.25, 0.3) is 0 Å². The molecule has 0 amide bonds. The number of anilines is 1. The maximum atomic E-state index is 5.35. The van der Waals surface area contributed by atoms with Crippen LogP contribution in [0.25, 0.3) is 0 Å². The van der Waals surface area contributed by atoms with Crippen molar-refractivity contribution < 1.29 is 0 Å². The summed E-state index contributed by atoms with van der Waals surface area (Å²) in [7, 11) is 0. The Bertz CT molecular complexity index is 236. The summed E-state index contributed by atoms with van der Waals surface area (Å²) in [5, 5.41) is 3.09. The van der Waals surface area contributed by atoms with Crippen molar-refractivity contribution in [2.45, 2.75) is 11.3 Å². The summed E-state index contributed by atoms with van der Waals surface area (Å²) < 4.78 is 0. The fourth-order valence-corrected chi connectivity index (χ4v) is 1.13. The number of nitrogens with one attached hydrogen (secondary N) is 1. The van der Waals surface area contributed by atoms with Crippen molar-refractivity contribution in [3.8, 4) is 0 Å². The van der Waals surface area contributed by atoms with Gasteiger partial charge >= 0.3 is 0 Å². The zero-order valence-electron chi connectivity index (χ0n) is 7.66. The van der Waals surface area contributed by atoms with Gasteiger partial charge in [-0.25, -0.2) is 9.97 Å². The molecule has 0 unspecified atom stereocenters. The third kappa shape index (κ3) is 3.61. The fraction of sp³-hybridized carbons (Fsp3) is 0.500. The maximum absolute atomic E-state index is 5.35. The second-order valence-electron chi connectivity index (χ2n) is 2.52. The summed E-state index contributed by atoms with van der Waals surface area (Å²) in [6.45, 7) is 1.52. The van der Waals surface area contributed by atoms with E-state index >= 15 is 0 Å². The van der Waals surface area contributed by atoms with Gasteiger partial charge in [-0.15, -0.1) is 11.8 Å². The number of nitrogens with zero attached hydrogens (tertiary/aromatic N) is 2. The average molecular weight is 198 g/mol. The molecule has 1 aromatic heterocycles. The van der Waals surface area contributed by atoms with E-state index in [-0.39, 0.29) is 0 Å². The van der Waals surface area contributed by atoms with Crippen LogP contribution in [0.4, 0.5) is 5.95 Å². The van der Waals surface area contributed by atoms with Crippen LogP contribution in [0.5, 0.6) is 0 Å². The molecule has 0 radical (unpaired) electrons. The van der Waals surface area contributed by atoms with Crippen molar-refractivity contribution in [1.29, 1.82) is 0 Å². The number of nitrogens with two attached hydrogens (primary N) is 1. The van der Waals surface area contributed by atoms with Crippen LogP contribution in [0.3, 0.4) is 0 Å². The Balaban J connectivity index is 2.40. The monoisotopic (exact) mass is 198 g/mol. The molecule has 0 aromatic carbocycles. The Morgan fingerprint density at radius 1 is 1.46 bits per heavy atom. The van der Waals surface area contributed by atoms with Crippen LogP contribution in [0.2, 0.25) is 0 Å². The molecule has 0 aliphatic heterocycles. The van der Waals surface area contributed by atoms with Gasteiger partial charge in [-0.1, -0.05) is 0 Å². The van der Waals surface area contributed by atoms with Crippen LogP contribution in [0, 0.1) is 0 Å². The summed E-state index contributed by atoms with van der Waals surface area (Å²) in [5.74, 6) is 0.672. The van der Waals surface area contributed by atoms with E-state index < -0.39 is 0 Å². The van der Waals surface area contributed by atoms with Crippen molar-refractivity contribution in [3.05, 3.63) is 12.4 Å². The van der Waals surface area contributed by atoms with Gasteiger partial charge in [-0.2, -0.15) is 0 Å². The topological polar surface area (TPSA) is 63.8 Å². The molecule has 1 aromatic rings. The Morgan fingerprint density at radius 3 is 2.69 bits per heavy atom. The summed E-state index contributed by atoms with van der Waals surface area (Å²) in [6.07, 6.45) is 6.55. The molecule has 1 heterocycles. The number of hydrogen-bond acceptors (Lipinski definition) is 5. The maximum Gasteiger partial charge on any atom is 0.222 e. The Morgan fingerprint density at radius 2 is 2.15 bits per heavy atom. The van der Waals surface area contributed by atoms with Gasteiger partial charge in [0, 0.05) is 23.8 Å². The molecule has 72 valence electrons. The number of thioether (sulfide) groups is 1. The first-order valence-corrected chi connectivity index (χ1v) is 5.39. The number of hydrogen-bond donors (Lipinski definition) is 2. The van der Waals surface area contributed by atoms with E-state index in [4.69, 9.17) is 5.73 Å². The predicted octanol–water partition coefficient (Wildman–Crippen LogP) is 0.959. The molecule has 0 atom stereocenters. The van der Waals surface area contributed by atoms with Gasteiger partial charge < -0.3 is 11.1 Å². The summed E-state index contributed by atoms with van der Waals surface area (Å²) in [5.41, 5.74) is 5.35. The molecule has 0 fully saturated rings. The molecule has 0 spiro atoms. The second kappa shape index (κ2) is 5.77. The van der Waals surface area contributed by atoms with Crippen LogP contribution in [0.15, 0.2) is 17.3 Å². The first kappa shape index (κ1) is 10.3. The highest BCUT2D eigenvalue weighted by atomic mass is 32.2. The number of aromatic nitrogens is 2. The van der Waals surface area contributed by atoms with Gasteiger partial charge in [0.2, 0.25) is 5.95 Å². The zero-order valence-corrected chi connectivity index (χ0v) is 8.47. The molecule has 3 N–H and O–H groups in total. The first-order chi connectivity index (χ1) is 6.36. The van der Waals surface area contributed by atoms with E-state index in [9.17, 15) is 0 Å². The van der Waals surface area contributed by atoms with E-state index in [1.807, 2.05) is 18.6 Å². The fourth-order valence-electron chi connectivity index (χ4n) is 0.815. The third-order valence-corrected chi connectivity index (χ3v) is 2.21. The van der Waals surface area contributed by atoms with Crippen molar-refractivity contribution in [2.75, 3.05) is 24.7 Å². The molecule has 4 nitrogen and oxygen atoms in total. The van der Waals surface area contributed by atoms with E-state index in [1.165, 1.54) is 0 Å². The van der Waals surface area contributed by atoms with Gasteiger partial charge in [0.15, 0.2) is 0 Å². The lowest BCUT2D eigenvalue weighted by molar-refractivity contribution is 0.862. The summed E-state index contributed by atoms with van der Waals surface area (Å²) >= 11 is 1.63. The second-order valence-corrected chi connectivity index (χ2v) is 3.40. The highest BCUT2D eigenvalue weighted by Gasteiger charge is 1.94. The molecule has 13 heavy (non-hydrogen) atoms. The summed E-state index contributed by atoms with van der Waals surface area (Å²) in [4.78, 5) is 9.35. The summed E-state index contributed by atoms with van der Waals surface area (Å²) in [6, 6.07) is 0. The highest BCUT2D eigenvalue weighted by Crippen LogP contribution is 2.11. The minimum absolute atomic E-state index is 0.672. The smallest absolute Gasteiger partial charge is 0.222 e. The van der Waals surface area contributed by atoms with Crippen molar-refractivity contribution in [2.24, 2.45) is 5.73 Å². The molecule has 0 aliphatic carbocycles. The van der Waals surface area contributed by atoms with Crippen molar-refractivity contribution >= 4 is 17.7 Å². The highest BCUT2D eigenvalue weighted by molar-refractivity contribution is 7.98. The molecule has 0 bridgehead atoms. The third-order valence-electron chi connectivity index (χ3n) is 1.53. The van der Waals surface area contributed by atoms with E-state index in [2.05, 4.69) is 15.3 Å². The van der Waals surface area contributed by atoms with Gasteiger partial charge in [0.1, 0.15) is 0 Å². The molecule has 0 aliphatic rings. The van der Waals surface area contributed by atoms with Crippen molar-refractivity contribution in [1.82, 2.24) is 9.97 Å². The van der Waals surface area contributed by atoms with E-state index in [1.54, 1.807) is 11.8 Å². The van der Waals surface area contributed by atoms with Gasteiger partial charge in [-0.3, -0.25) is 0 Å². The molecule has 0 saturated heterocycles. The Labute approximate surface area is 82.3 Å². The Kier molecular flexibility index (Phi) is 4.56. The minimum Gasteiger partial charge on any atom is -0.354 e. The molecule has 5 heteroatoms. The van der Waals surface area contributed by atoms with E-state index in [0.717, 1.165) is 17.9 Å². The molecular weight excluding hydrogens is 184 g/mol. The predicted molar refractivity (Wildman–Crippen MR) is 56.0 cm³/mol. The van der Waals surface area contributed by atoms with Crippen LogP contribution in [-0.2, 0) is 0 Å². The zero-order chi connectivity index (χ0) is 9.52. The van der Waals surface area contributed by atoms with Crippen LogP contribution in [-0.4, -0.2) is 29.3 Å². The first-order valence-electron chi connectivity index (χ1n) is 4.17. The molecule has 0 saturated carbocycles. The quantitative estimate of drug-likeness (QED) is 0.545. The van der Waals surface area contributed by atoms with Crippen LogP contribution in [0.1, 0.15) is 6.42 Å². The molecular formula is C8H14N4S. The van der Waals surface area contributed by atoms with Crippen molar-refractivity contribution in [3.63, 3.8) is 0 Å². The minimum atomic E-state index is 0.672. The lowest BCUT2D eigenvalue weighted by Gasteiger charge is -2.02. The standard InChI is InChI=1S/C8H14N4S/c1-13-7-5-11-8(12-6-7)10-4-2-3-9/h5-6H,2-4,9H2,1H3,(H,10,11,12). The normalized spacial score (nSPS) is 10.0. The largest absolute Gasteiger partial charge is 0.354 e. The SMILES string of the molecule is CSc1cnc(NCCCN)nc1. The molecule has 1 rings (SSSR count). The average Bonchev–Trinajstić information content (AvgIpc) is 2.19. The lowest BCUT2D eigenvalue weighted by atomic mass is 10.4. The Hall–Kier alpha value is -0.810. The van der Waals surface area contributed by atoms with Gasteiger partial charge in [0.05, 0.1) is 0 Å². The number of rotatable bonds is 5. The van der Waals surface area contributed by atoms with E-state index in [0.29, 0.717) is 12.5 Å². The van der Waals surface area contributed by atoms with Crippen LogP contribution >= 0.6 is 11.8 Å². The lowest BCUT2D eigenvalue weighted by Crippen LogP contribution is -2.10. The van der Waals surface area contributed by atoms with Crippen LogP contribution < -0.4 is 11.1 Å².